The van der Waals surface area contributed by atoms with Crippen molar-refractivity contribution in [2.45, 2.75) is 10.9 Å². The summed E-state index contributed by atoms with van der Waals surface area (Å²) in [6, 6.07) is 8.99. The van der Waals surface area contributed by atoms with Crippen LogP contribution in [0.5, 0.6) is 0 Å². The van der Waals surface area contributed by atoms with Gasteiger partial charge in [0.25, 0.3) is 0 Å². The number of rotatable bonds is 5. The second-order valence-electron chi connectivity index (χ2n) is 4.98. The third-order valence-electron chi connectivity index (χ3n) is 3.39. The molecule has 0 amide bonds. The van der Waals surface area contributed by atoms with E-state index in [4.69, 9.17) is 5.73 Å². The lowest BCUT2D eigenvalue weighted by molar-refractivity contribution is 0.293. The molecule has 1 heterocycles. The number of nitrogens with zero attached hydrogens (tertiary/aromatic N) is 3. The van der Waals surface area contributed by atoms with E-state index in [1.54, 1.807) is 11.8 Å². The van der Waals surface area contributed by atoms with E-state index in [9.17, 15) is 0 Å². The second kappa shape index (κ2) is 6.30. The van der Waals surface area contributed by atoms with E-state index in [1.807, 2.05) is 0 Å². The fraction of sp³-hybridized carbons (Fsp3) is 0.500. The van der Waals surface area contributed by atoms with Crippen molar-refractivity contribution in [3.63, 3.8) is 0 Å². The molecule has 1 aliphatic heterocycles. The van der Waals surface area contributed by atoms with Gasteiger partial charge in [0, 0.05) is 18.0 Å². The molecule has 1 atom stereocenters. The Hall–Kier alpha value is -1.20. The van der Waals surface area contributed by atoms with Gasteiger partial charge in [0.2, 0.25) is 0 Å². The number of hydrogen-bond acceptors (Lipinski definition) is 5. The van der Waals surface area contributed by atoms with Crippen LogP contribution in [0.2, 0.25) is 0 Å². The first kappa shape index (κ1) is 14.2. The Bertz CT molecular complexity index is 441. The standard InChI is InChI=1S/C14H22N4S/c1-17(2)8-9-18-13(10-16-14(18)15)11-4-6-12(19-3)7-5-11/h4-7,13H,8-10H2,1-3H3,(H2,15,16). The molecular weight excluding hydrogens is 256 g/mol. The van der Waals surface area contributed by atoms with Gasteiger partial charge in [-0.2, -0.15) is 0 Å². The smallest absolute Gasteiger partial charge is 0.191 e. The molecule has 19 heavy (non-hydrogen) atoms. The number of nitrogens with two attached hydrogens (primary N) is 1. The van der Waals surface area contributed by atoms with E-state index in [0.717, 1.165) is 19.6 Å². The lowest BCUT2D eigenvalue weighted by Gasteiger charge is -2.28. The van der Waals surface area contributed by atoms with E-state index in [0.29, 0.717) is 5.96 Å². The highest BCUT2D eigenvalue weighted by atomic mass is 32.2. The molecule has 5 heteroatoms. The second-order valence-corrected chi connectivity index (χ2v) is 5.86. The number of hydrogen-bond donors (Lipinski definition) is 1. The lowest BCUT2D eigenvalue weighted by atomic mass is 10.1. The number of benzene rings is 1. The maximum Gasteiger partial charge on any atom is 0.191 e. The molecule has 2 rings (SSSR count). The van der Waals surface area contributed by atoms with E-state index in [2.05, 4.69) is 59.4 Å². The Balaban J connectivity index is 2.09. The molecule has 0 saturated carbocycles. The zero-order valence-corrected chi connectivity index (χ0v) is 12.7. The molecule has 0 spiro atoms. The molecule has 104 valence electrons. The van der Waals surface area contributed by atoms with Crippen LogP contribution in [0.25, 0.3) is 0 Å². The molecule has 0 aliphatic carbocycles. The van der Waals surface area contributed by atoms with Crippen LogP contribution in [0.3, 0.4) is 0 Å². The van der Waals surface area contributed by atoms with Gasteiger partial charge >= 0.3 is 0 Å². The summed E-state index contributed by atoms with van der Waals surface area (Å²) in [6.45, 7) is 2.66. The third kappa shape index (κ3) is 3.42. The first-order valence-corrected chi connectivity index (χ1v) is 7.69. The van der Waals surface area contributed by atoms with E-state index >= 15 is 0 Å². The summed E-state index contributed by atoms with van der Waals surface area (Å²) >= 11 is 1.76. The molecule has 0 radical (unpaired) electrons. The van der Waals surface area contributed by atoms with Crippen LogP contribution in [0.1, 0.15) is 11.6 Å². The van der Waals surface area contributed by atoms with E-state index in [1.165, 1.54) is 10.5 Å². The zero-order valence-electron chi connectivity index (χ0n) is 11.8. The van der Waals surface area contributed by atoms with Gasteiger partial charge in [-0.1, -0.05) is 12.1 Å². The molecule has 1 aliphatic rings. The largest absolute Gasteiger partial charge is 0.370 e. The molecule has 0 saturated heterocycles. The Morgan fingerprint density at radius 3 is 2.63 bits per heavy atom. The lowest BCUT2D eigenvalue weighted by Crippen LogP contribution is -2.40. The van der Waals surface area contributed by atoms with Gasteiger partial charge < -0.3 is 15.5 Å². The fourth-order valence-electron chi connectivity index (χ4n) is 2.22. The maximum absolute atomic E-state index is 6.00. The van der Waals surface area contributed by atoms with Gasteiger partial charge in [-0.05, 0) is 38.0 Å². The van der Waals surface area contributed by atoms with Gasteiger partial charge in [0.1, 0.15) is 0 Å². The summed E-state index contributed by atoms with van der Waals surface area (Å²) in [5.74, 6) is 0.667. The van der Waals surface area contributed by atoms with Crippen molar-refractivity contribution in [3.8, 4) is 0 Å². The number of aliphatic imine (C=N–C) groups is 1. The molecule has 0 fully saturated rings. The number of guanidine groups is 1. The van der Waals surface area contributed by atoms with Crippen LogP contribution < -0.4 is 5.73 Å². The number of thioether (sulfide) groups is 1. The van der Waals surface area contributed by atoms with Gasteiger partial charge in [-0.15, -0.1) is 11.8 Å². The summed E-state index contributed by atoms with van der Waals surface area (Å²) < 4.78 is 0. The van der Waals surface area contributed by atoms with Crippen LogP contribution in [0, 0.1) is 0 Å². The molecule has 4 nitrogen and oxygen atoms in total. The predicted molar refractivity (Wildman–Crippen MR) is 82.7 cm³/mol. The Kier molecular flexibility index (Phi) is 4.71. The van der Waals surface area contributed by atoms with Crippen molar-refractivity contribution < 1.29 is 0 Å². The zero-order chi connectivity index (χ0) is 13.8. The highest BCUT2D eigenvalue weighted by Gasteiger charge is 2.26. The highest BCUT2D eigenvalue weighted by Crippen LogP contribution is 2.26. The van der Waals surface area contributed by atoms with Crippen molar-refractivity contribution >= 4 is 17.7 Å². The third-order valence-corrected chi connectivity index (χ3v) is 4.13. The minimum absolute atomic E-state index is 0.288. The molecule has 1 aromatic carbocycles. The Labute approximate surface area is 119 Å². The minimum Gasteiger partial charge on any atom is -0.370 e. The maximum atomic E-state index is 6.00. The topological polar surface area (TPSA) is 44.9 Å². The van der Waals surface area contributed by atoms with Crippen molar-refractivity contribution in [2.75, 3.05) is 40.0 Å². The average molecular weight is 278 g/mol. The first-order valence-electron chi connectivity index (χ1n) is 6.47. The molecular formula is C14H22N4S. The van der Waals surface area contributed by atoms with Crippen LogP contribution in [-0.2, 0) is 0 Å². The summed E-state index contributed by atoms with van der Waals surface area (Å²) in [5.41, 5.74) is 7.29. The van der Waals surface area contributed by atoms with Crippen LogP contribution >= 0.6 is 11.8 Å². The predicted octanol–water partition coefficient (Wildman–Crippen LogP) is 1.64. The molecule has 0 aromatic heterocycles. The summed E-state index contributed by atoms with van der Waals surface area (Å²) in [4.78, 5) is 10.0. The normalized spacial score (nSPS) is 19.1. The molecule has 1 unspecified atom stereocenters. The van der Waals surface area contributed by atoms with Gasteiger partial charge in [-0.25, -0.2) is 0 Å². The molecule has 2 N–H and O–H groups in total. The van der Waals surface area contributed by atoms with Crippen molar-refractivity contribution in [2.24, 2.45) is 10.7 Å². The SMILES string of the molecule is CSc1ccc(C2CN=C(N)N2CCN(C)C)cc1. The van der Waals surface area contributed by atoms with E-state index < -0.39 is 0 Å². The monoisotopic (exact) mass is 278 g/mol. The quantitative estimate of drug-likeness (QED) is 0.832. The average Bonchev–Trinajstić information content (AvgIpc) is 2.78. The molecule has 0 bridgehead atoms. The summed E-state index contributed by atoms with van der Waals surface area (Å²) in [5, 5.41) is 0. The molecule has 1 aromatic rings. The van der Waals surface area contributed by atoms with Crippen LogP contribution in [0.15, 0.2) is 34.2 Å². The number of likely N-dealkylation sites (N-methyl/N-ethyl adjacent to an activating group) is 1. The Morgan fingerprint density at radius 1 is 1.37 bits per heavy atom. The summed E-state index contributed by atoms with van der Waals surface area (Å²) in [7, 11) is 4.15. The van der Waals surface area contributed by atoms with Gasteiger partial charge in [0.15, 0.2) is 5.96 Å². The summed E-state index contributed by atoms with van der Waals surface area (Å²) in [6.07, 6.45) is 2.09. The highest BCUT2D eigenvalue weighted by molar-refractivity contribution is 7.98. The minimum atomic E-state index is 0.288. The Morgan fingerprint density at radius 2 is 2.05 bits per heavy atom. The van der Waals surface area contributed by atoms with E-state index in [-0.39, 0.29) is 6.04 Å². The van der Waals surface area contributed by atoms with Gasteiger partial charge in [0.05, 0.1) is 12.6 Å². The fourth-order valence-corrected chi connectivity index (χ4v) is 2.63. The van der Waals surface area contributed by atoms with Crippen molar-refractivity contribution in [3.05, 3.63) is 29.8 Å². The van der Waals surface area contributed by atoms with Crippen LogP contribution in [0.4, 0.5) is 0 Å². The van der Waals surface area contributed by atoms with Crippen LogP contribution in [-0.4, -0.2) is 55.7 Å². The van der Waals surface area contributed by atoms with Crippen molar-refractivity contribution in [1.29, 1.82) is 0 Å². The van der Waals surface area contributed by atoms with Crippen molar-refractivity contribution in [1.82, 2.24) is 9.80 Å². The van der Waals surface area contributed by atoms with Gasteiger partial charge in [-0.3, -0.25) is 4.99 Å². The first-order chi connectivity index (χ1) is 9.11.